The number of carbonyl (C=O) groups excluding carboxylic acids is 1. The second-order valence-corrected chi connectivity index (χ2v) is 7.96. The molecule has 8 nitrogen and oxygen atoms in total. The monoisotopic (exact) mass is 380 g/mol. The zero-order valence-electron chi connectivity index (χ0n) is 16.3. The Morgan fingerprint density at radius 3 is 2.86 bits per heavy atom. The molecule has 0 radical (unpaired) electrons. The van der Waals surface area contributed by atoms with Crippen LogP contribution in [0.1, 0.15) is 27.2 Å². The maximum Gasteiger partial charge on any atom is 0.407 e. The van der Waals surface area contributed by atoms with E-state index in [2.05, 4.69) is 30.2 Å². The topological polar surface area (TPSA) is 96.0 Å². The first-order valence-corrected chi connectivity index (χ1v) is 9.36. The highest BCUT2D eigenvalue weighted by atomic mass is 16.6. The third kappa shape index (κ3) is 3.76. The number of fused-ring (bicyclic) bond motifs is 1. The van der Waals surface area contributed by atoms with Crippen molar-refractivity contribution >= 4 is 22.8 Å². The van der Waals surface area contributed by atoms with Gasteiger partial charge in [-0.15, -0.1) is 0 Å². The summed E-state index contributed by atoms with van der Waals surface area (Å²) in [5.41, 5.74) is 3.35. The molecule has 4 rings (SSSR count). The lowest BCUT2D eigenvalue weighted by Gasteiger charge is -2.23. The Balaban J connectivity index is 1.57. The Bertz CT molecular complexity index is 979. The van der Waals surface area contributed by atoms with Gasteiger partial charge < -0.3 is 19.9 Å². The van der Waals surface area contributed by atoms with Crippen molar-refractivity contribution < 1.29 is 9.53 Å². The minimum atomic E-state index is -0.503. The first-order valence-electron chi connectivity index (χ1n) is 9.36. The lowest BCUT2D eigenvalue weighted by atomic mass is 10.1. The van der Waals surface area contributed by atoms with Crippen LogP contribution in [0.2, 0.25) is 0 Å². The van der Waals surface area contributed by atoms with E-state index in [0.717, 1.165) is 40.8 Å². The highest BCUT2D eigenvalue weighted by Gasteiger charge is 2.28. The first-order chi connectivity index (χ1) is 13.4. The lowest BCUT2D eigenvalue weighted by molar-refractivity contribution is 0.0509. The number of nitrogens with one attached hydrogen (secondary N) is 2. The highest BCUT2D eigenvalue weighted by Crippen LogP contribution is 2.35. The summed E-state index contributed by atoms with van der Waals surface area (Å²) < 4.78 is 5.38. The second kappa shape index (κ2) is 7.10. The van der Waals surface area contributed by atoms with Crippen molar-refractivity contribution in [2.45, 2.75) is 38.8 Å². The molecule has 4 heterocycles. The molecular weight excluding hydrogens is 356 g/mol. The molecule has 0 aromatic carbocycles. The average Bonchev–Trinajstić information content (AvgIpc) is 3.27. The molecule has 0 spiro atoms. The van der Waals surface area contributed by atoms with E-state index in [1.807, 2.05) is 33.0 Å². The quantitative estimate of drug-likeness (QED) is 0.725. The number of aromatic nitrogens is 4. The van der Waals surface area contributed by atoms with Crippen LogP contribution in [0.15, 0.2) is 37.2 Å². The summed E-state index contributed by atoms with van der Waals surface area (Å²) >= 11 is 0. The molecule has 3 aromatic heterocycles. The number of alkyl carbamates (subject to hydrolysis) is 1. The summed E-state index contributed by atoms with van der Waals surface area (Å²) in [6.07, 6.45) is 9.33. The molecule has 3 aromatic rings. The van der Waals surface area contributed by atoms with Crippen molar-refractivity contribution in [1.82, 2.24) is 25.3 Å². The zero-order chi connectivity index (χ0) is 19.7. The molecule has 1 amide bonds. The number of carbonyl (C=O) groups is 1. The van der Waals surface area contributed by atoms with Crippen molar-refractivity contribution in [3.63, 3.8) is 0 Å². The largest absolute Gasteiger partial charge is 0.444 e. The molecule has 1 saturated heterocycles. The van der Waals surface area contributed by atoms with Gasteiger partial charge in [0.2, 0.25) is 0 Å². The fourth-order valence-corrected chi connectivity index (χ4v) is 3.54. The second-order valence-electron chi connectivity index (χ2n) is 7.96. The van der Waals surface area contributed by atoms with E-state index in [4.69, 9.17) is 4.74 Å². The van der Waals surface area contributed by atoms with E-state index in [1.54, 1.807) is 18.6 Å². The Morgan fingerprint density at radius 1 is 1.32 bits per heavy atom. The van der Waals surface area contributed by atoms with Gasteiger partial charge in [-0.2, -0.15) is 0 Å². The van der Waals surface area contributed by atoms with Crippen LogP contribution in [0.5, 0.6) is 0 Å². The fraction of sp³-hybridized carbons (Fsp3) is 0.400. The van der Waals surface area contributed by atoms with Crippen LogP contribution < -0.4 is 10.2 Å². The molecule has 146 valence electrons. The van der Waals surface area contributed by atoms with Crippen LogP contribution in [0.3, 0.4) is 0 Å². The fourth-order valence-electron chi connectivity index (χ4n) is 3.54. The van der Waals surface area contributed by atoms with E-state index in [9.17, 15) is 4.79 Å². The summed E-state index contributed by atoms with van der Waals surface area (Å²) in [5, 5.41) is 4.01. The third-order valence-electron chi connectivity index (χ3n) is 4.67. The van der Waals surface area contributed by atoms with Crippen LogP contribution in [0.25, 0.3) is 22.2 Å². The molecule has 1 atom stereocenters. The number of amides is 1. The van der Waals surface area contributed by atoms with Gasteiger partial charge in [0.15, 0.2) is 0 Å². The summed E-state index contributed by atoms with van der Waals surface area (Å²) in [7, 11) is 0. The number of H-pyrrole nitrogens is 1. The zero-order valence-corrected chi connectivity index (χ0v) is 16.3. The predicted octanol–water partition coefficient (Wildman–Crippen LogP) is 3.12. The molecule has 0 saturated carbocycles. The SMILES string of the molecule is CC(C)(C)OC(=O)N[C@H]1CCN(c2ccnc3[nH]cc(-c4cncnc4)c23)C1. The minimum Gasteiger partial charge on any atom is -0.444 e. The van der Waals surface area contributed by atoms with Gasteiger partial charge in [0.1, 0.15) is 17.6 Å². The maximum absolute atomic E-state index is 12.1. The van der Waals surface area contributed by atoms with Gasteiger partial charge in [0.05, 0.1) is 11.4 Å². The van der Waals surface area contributed by atoms with Crippen molar-refractivity contribution in [1.29, 1.82) is 0 Å². The summed E-state index contributed by atoms with van der Waals surface area (Å²) in [6, 6.07) is 2.06. The summed E-state index contributed by atoms with van der Waals surface area (Å²) in [6.45, 7) is 7.15. The molecule has 1 fully saturated rings. The van der Waals surface area contributed by atoms with Crippen LogP contribution in [-0.4, -0.2) is 50.8 Å². The van der Waals surface area contributed by atoms with Crippen LogP contribution in [0.4, 0.5) is 10.5 Å². The van der Waals surface area contributed by atoms with E-state index >= 15 is 0 Å². The number of hydrogen-bond acceptors (Lipinski definition) is 6. The molecule has 28 heavy (non-hydrogen) atoms. The van der Waals surface area contributed by atoms with Crippen molar-refractivity contribution in [3.8, 4) is 11.1 Å². The Labute approximate surface area is 163 Å². The van der Waals surface area contributed by atoms with Crippen LogP contribution in [-0.2, 0) is 4.74 Å². The number of rotatable bonds is 3. The maximum atomic E-state index is 12.1. The molecule has 0 aliphatic carbocycles. The predicted molar refractivity (Wildman–Crippen MR) is 107 cm³/mol. The van der Waals surface area contributed by atoms with Gasteiger partial charge in [-0.3, -0.25) is 0 Å². The number of nitrogens with zero attached hydrogens (tertiary/aromatic N) is 4. The van der Waals surface area contributed by atoms with Crippen molar-refractivity contribution in [3.05, 3.63) is 37.2 Å². The Morgan fingerprint density at radius 2 is 2.11 bits per heavy atom. The van der Waals surface area contributed by atoms with Crippen molar-refractivity contribution in [2.75, 3.05) is 18.0 Å². The van der Waals surface area contributed by atoms with Gasteiger partial charge in [-0.05, 0) is 33.3 Å². The normalized spacial score (nSPS) is 17.1. The molecule has 1 aliphatic heterocycles. The lowest BCUT2D eigenvalue weighted by Crippen LogP contribution is -2.40. The Hall–Kier alpha value is -3.16. The number of pyridine rings is 1. The van der Waals surface area contributed by atoms with Gasteiger partial charge >= 0.3 is 6.09 Å². The van der Waals surface area contributed by atoms with Crippen molar-refractivity contribution in [2.24, 2.45) is 0 Å². The van der Waals surface area contributed by atoms with E-state index in [-0.39, 0.29) is 12.1 Å². The van der Waals surface area contributed by atoms with E-state index < -0.39 is 5.60 Å². The number of aromatic amines is 1. The van der Waals surface area contributed by atoms with E-state index in [0.29, 0.717) is 6.54 Å². The number of anilines is 1. The minimum absolute atomic E-state index is 0.0421. The smallest absolute Gasteiger partial charge is 0.407 e. The summed E-state index contributed by atoms with van der Waals surface area (Å²) in [5.74, 6) is 0. The molecule has 0 unspecified atom stereocenters. The molecule has 1 aliphatic rings. The molecule has 0 bridgehead atoms. The molecular formula is C20H24N6O2. The van der Waals surface area contributed by atoms with Gasteiger partial charge in [-0.1, -0.05) is 0 Å². The van der Waals surface area contributed by atoms with Gasteiger partial charge in [-0.25, -0.2) is 19.7 Å². The number of ether oxygens (including phenoxy) is 1. The van der Waals surface area contributed by atoms with Gasteiger partial charge in [0.25, 0.3) is 0 Å². The van der Waals surface area contributed by atoms with Crippen LogP contribution in [0, 0.1) is 0 Å². The summed E-state index contributed by atoms with van der Waals surface area (Å²) in [4.78, 5) is 30.3. The highest BCUT2D eigenvalue weighted by molar-refractivity contribution is 6.02. The van der Waals surface area contributed by atoms with Gasteiger partial charge in [0, 0.05) is 54.7 Å². The van der Waals surface area contributed by atoms with Crippen LogP contribution >= 0.6 is 0 Å². The third-order valence-corrected chi connectivity index (χ3v) is 4.67. The average molecular weight is 380 g/mol. The van der Waals surface area contributed by atoms with E-state index in [1.165, 1.54) is 6.33 Å². The standard InChI is InChI=1S/C20H24N6O2/c1-20(2,3)28-19(27)25-14-5-7-26(11-14)16-4-6-23-18-17(16)15(10-24-18)13-8-21-12-22-9-13/h4,6,8-10,12,14H,5,7,11H2,1-3H3,(H,23,24)(H,25,27)/t14-/m0/s1. The molecule has 2 N–H and O–H groups in total. The molecule has 8 heteroatoms. The Kier molecular flexibility index (Phi) is 4.62. The first kappa shape index (κ1) is 18.2. The number of hydrogen-bond donors (Lipinski definition) is 2.